The number of aliphatic carboxylic acids is 1. The van der Waals surface area contributed by atoms with Crippen molar-refractivity contribution in [3.05, 3.63) is 65.0 Å². The van der Waals surface area contributed by atoms with Gasteiger partial charge in [0.1, 0.15) is 0 Å². The minimum absolute atomic E-state index is 0.247. The van der Waals surface area contributed by atoms with E-state index < -0.39 is 23.5 Å². The number of fused-ring (bicyclic) bond motifs is 1. The molecule has 1 aliphatic rings. The largest absolute Gasteiger partial charge is 0.481 e. The minimum Gasteiger partial charge on any atom is -0.481 e. The van der Waals surface area contributed by atoms with Crippen LogP contribution < -0.4 is 0 Å². The summed E-state index contributed by atoms with van der Waals surface area (Å²) in [6, 6.07) is 7.69. The van der Waals surface area contributed by atoms with Crippen molar-refractivity contribution < 1.29 is 18.7 Å². The molecule has 0 saturated carbocycles. The lowest BCUT2D eigenvalue weighted by atomic mass is 9.89. The van der Waals surface area contributed by atoms with Gasteiger partial charge < -0.3 is 5.11 Å². The second kappa shape index (κ2) is 5.83. The molecule has 0 saturated heterocycles. The summed E-state index contributed by atoms with van der Waals surface area (Å²) in [6.45, 7) is 0. The van der Waals surface area contributed by atoms with Gasteiger partial charge in [-0.05, 0) is 48.4 Å². The maximum atomic E-state index is 14.0. The summed E-state index contributed by atoms with van der Waals surface area (Å²) >= 11 is 0. The zero-order chi connectivity index (χ0) is 15.7. The molecule has 114 valence electrons. The van der Waals surface area contributed by atoms with E-state index in [0.717, 1.165) is 11.6 Å². The molecule has 1 unspecified atom stereocenters. The number of nitrogens with zero attached hydrogens (tertiary/aromatic N) is 1. The molecule has 22 heavy (non-hydrogen) atoms. The lowest BCUT2D eigenvalue weighted by Crippen LogP contribution is -2.13. The first-order valence-corrected chi connectivity index (χ1v) is 7.18. The molecule has 1 heterocycles. The molecule has 2 atom stereocenters. The van der Waals surface area contributed by atoms with Gasteiger partial charge in [0.2, 0.25) is 0 Å². The maximum absolute atomic E-state index is 14.0. The lowest BCUT2D eigenvalue weighted by molar-refractivity contribution is -0.139. The third-order valence-electron chi connectivity index (χ3n) is 4.25. The van der Waals surface area contributed by atoms with Gasteiger partial charge in [0.15, 0.2) is 11.6 Å². The van der Waals surface area contributed by atoms with Gasteiger partial charge in [0.25, 0.3) is 0 Å². The molecule has 0 fully saturated rings. The van der Waals surface area contributed by atoms with Crippen LogP contribution in [0.15, 0.2) is 36.5 Å². The molecule has 0 amide bonds. The van der Waals surface area contributed by atoms with Crippen molar-refractivity contribution in [3.63, 3.8) is 0 Å². The van der Waals surface area contributed by atoms with Crippen LogP contribution in [0.1, 0.15) is 41.5 Å². The molecular weight excluding hydrogens is 288 g/mol. The van der Waals surface area contributed by atoms with Gasteiger partial charge in [0, 0.05) is 6.20 Å². The Morgan fingerprint density at radius 3 is 2.77 bits per heavy atom. The van der Waals surface area contributed by atoms with Gasteiger partial charge in [-0.2, -0.15) is 0 Å². The SMILES string of the molecule is O=C(O)C1CC[C@H](c2cccc(F)c2F)Cc2cccnc21. The maximum Gasteiger partial charge on any atom is 0.312 e. The van der Waals surface area contributed by atoms with Gasteiger partial charge in [-0.3, -0.25) is 9.78 Å². The molecule has 5 heteroatoms. The summed E-state index contributed by atoms with van der Waals surface area (Å²) in [5, 5.41) is 9.39. The van der Waals surface area contributed by atoms with Crippen LogP contribution in [0.25, 0.3) is 0 Å². The van der Waals surface area contributed by atoms with Crippen molar-refractivity contribution in [3.8, 4) is 0 Å². The molecule has 1 N–H and O–H groups in total. The summed E-state index contributed by atoms with van der Waals surface area (Å²) < 4.78 is 27.5. The Hall–Kier alpha value is -2.30. The summed E-state index contributed by atoms with van der Waals surface area (Å²) in [6.07, 6.45) is 2.87. The fourth-order valence-electron chi connectivity index (χ4n) is 3.15. The van der Waals surface area contributed by atoms with E-state index in [1.54, 1.807) is 18.3 Å². The number of carboxylic acid groups (broad SMARTS) is 1. The van der Waals surface area contributed by atoms with E-state index in [4.69, 9.17) is 0 Å². The number of carbonyl (C=O) groups is 1. The van der Waals surface area contributed by atoms with Crippen molar-refractivity contribution in [2.45, 2.75) is 31.1 Å². The van der Waals surface area contributed by atoms with E-state index in [1.165, 1.54) is 6.07 Å². The normalized spacial score (nSPS) is 21.0. The Balaban J connectivity index is 2.02. The standard InChI is InChI=1S/C17H15F2NO2/c18-14-5-1-4-12(15(14)19)10-6-7-13(17(21)22)16-11(9-10)3-2-8-20-16/h1-5,8,10,13H,6-7,9H2,(H,21,22)/t10-,13?/m0/s1. The molecule has 3 nitrogen and oxygen atoms in total. The molecule has 1 aromatic heterocycles. The molecular formula is C17H15F2NO2. The summed E-state index contributed by atoms with van der Waals surface area (Å²) in [5.41, 5.74) is 1.64. The number of rotatable bonds is 2. The Labute approximate surface area is 126 Å². The van der Waals surface area contributed by atoms with E-state index in [9.17, 15) is 18.7 Å². The van der Waals surface area contributed by atoms with Crippen molar-refractivity contribution in [2.75, 3.05) is 0 Å². The zero-order valence-corrected chi connectivity index (χ0v) is 11.8. The first kappa shape index (κ1) is 14.6. The number of halogens is 2. The van der Waals surface area contributed by atoms with Crippen molar-refractivity contribution >= 4 is 5.97 Å². The second-order valence-electron chi connectivity index (χ2n) is 5.56. The topological polar surface area (TPSA) is 50.2 Å². The third kappa shape index (κ3) is 2.58. The van der Waals surface area contributed by atoms with Crippen molar-refractivity contribution in [2.24, 2.45) is 0 Å². The minimum atomic E-state index is -0.930. The van der Waals surface area contributed by atoms with Crippen LogP contribution in [0.4, 0.5) is 8.78 Å². The Morgan fingerprint density at radius 2 is 2.00 bits per heavy atom. The Bertz CT molecular complexity index is 718. The number of hydrogen-bond acceptors (Lipinski definition) is 2. The highest BCUT2D eigenvalue weighted by atomic mass is 19.2. The van der Waals surface area contributed by atoms with E-state index in [2.05, 4.69) is 4.98 Å². The first-order valence-electron chi connectivity index (χ1n) is 7.18. The molecule has 0 bridgehead atoms. The van der Waals surface area contributed by atoms with E-state index in [1.807, 2.05) is 6.07 Å². The summed E-state index contributed by atoms with van der Waals surface area (Å²) in [4.78, 5) is 15.7. The first-order chi connectivity index (χ1) is 10.6. The molecule has 0 aliphatic heterocycles. The van der Waals surface area contributed by atoms with Gasteiger partial charge in [-0.25, -0.2) is 8.78 Å². The monoisotopic (exact) mass is 303 g/mol. The number of hydrogen-bond donors (Lipinski definition) is 1. The summed E-state index contributed by atoms with van der Waals surface area (Å²) in [5.74, 6) is -3.59. The predicted molar refractivity (Wildman–Crippen MR) is 76.7 cm³/mol. The molecule has 2 aromatic rings. The van der Waals surface area contributed by atoms with Crippen LogP contribution >= 0.6 is 0 Å². The highest BCUT2D eigenvalue weighted by Crippen LogP contribution is 2.37. The van der Waals surface area contributed by atoms with Crippen LogP contribution in [0, 0.1) is 11.6 Å². The number of aromatic nitrogens is 1. The quantitative estimate of drug-likeness (QED) is 0.862. The summed E-state index contributed by atoms with van der Waals surface area (Å²) in [7, 11) is 0. The fourth-order valence-corrected chi connectivity index (χ4v) is 3.15. The van der Waals surface area contributed by atoms with Crippen molar-refractivity contribution in [1.29, 1.82) is 0 Å². The van der Waals surface area contributed by atoms with Crippen molar-refractivity contribution in [1.82, 2.24) is 4.98 Å². The van der Waals surface area contributed by atoms with Gasteiger partial charge >= 0.3 is 5.97 Å². The Morgan fingerprint density at radius 1 is 1.18 bits per heavy atom. The highest BCUT2D eigenvalue weighted by molar-refractivity contribution is 5.76. The molecule has 1 aliphatic carbocycles. The van der Waals surface area contributed by atoms with Crippen LogP contribution in [-0.2, 0) is 11.2 Å². The van der Waals surface area contributed by atoms with E-state index >= 15 is 0 Å². The van der Waals surface area contributed by atoms with Gasteiger partial charge in [0.05, 0.1) is 11.6 Å². The van der Waals surface area contributed by atoms with E-state index in [0.29, 0.717) is 30.5 Å². The third-order valence-corrected chi connectivity index (χ3v) is 4.25. The molecule has 0 radical (unpaired) electrons. The molecule has 0 spiro atoms. The van der Waals surface area contributed by atoms with Crippen LogP contribution in [0.2, 0.25) is 0 Å². The number of pyridine rings is 1. The van der Waals surface area contributed by atoms with Gasteiger partial charge in [-0.1, -0.05) is 18.2 Å². The number of benzene rings is 1. The van der Waals surface area contributed by atoms with Crippen LogP contribution in [-0.4, -0.2) is 16.1 Å². The number of carboxylic acids is 1. The average Bonchev–Trinajstić information content (AvgIpc) is 2.69. The average molecular weight is 303 g/mol. The highest BCUT2D eigenvalue weighted by Gasteiger charge is 2.31. The van der Waals surface area contributed by atoms with Crippen LogP contribution in [0.5, 0.6) is 0 Å². The second-order valence-corrected chi connectivity index (χ2v) is 5.56. The molecule has 3 rings (SSSR count). The zero-order valence-electron chi connectivity index (χ0n) is 11.8. The van der Waals surface area contributed by atoms with Crippen LogP contribution in [0.3, 0.4) is 0 Å². The molecule has 1 aromatic carbocycles. The smallest absolute Gasteiger partial charge is 0.312 e. The van der Waals surface area contributed by atoms with Gasteiger partial charge in [-0.15, -0.1) is 0 Å². The van der Waals surface area contributed by atoms with E-state index in [-0.39, 0.29) is 5.92 Å². The lowest BCUT2D eigenvalue weighted by Gasteiger charge is -2.16. The predicted octanol–water partition coefficient (Wildman–Crippen LogP) is 3.65. The Kier molecular flexibility index (Phi) is 3.88. The fraction of sp³-hybridized carbons (Fsp3) is 0.294.